The smallest absolute Gasteiger partial charge is 0.238 e. The zero-order valence-corrected chi connectivity index (χ0v) is 12.2. The number of benzene rings is 1. The number of amides is 2. The van der Waals surface area contributed by atoms with E-state index in [9.17, 15) is 9.59 Å². The van der Waals surface area contributed by atoms with Gasteiger partial charge in [0.1, 0.15) is 5.75 Å². The summed E-state index contributed by atoms with van der Waals surface area (Å²) >= 11 is 0. The maximum Gasteiger partial charge on any atom is 0.238 e. The van der Waals surface area contributed by atoms with Gasteiger partial charge in [-0.3, -0.25) is 9.59 Å². The number of methoxy groups -OCH3 is 1. The topological polar surface area (TPSA) is 93.4 Å². The van der Waals surface area contributed by atoms with Crippen molar-refractivity contribution >= 4 is 23.2 Å². The van der Waals surface area contributed by atoms with E-state index < -0.39 is 5.41 Å². The Morgan fingerprint density at radius 3 is 2.40 bits per heavy atom. The summed E-state index contributed by atoms with van der Waals surface area (Å²) in [6.45, 7) is 5.38. The van der Waals surface area contributed by atoms with E-state index in [1.54, 1.807) is 18.2 Å². The van der Waals surface area contributed by atoms with Crippen LogP contribution in [0.25, 0.3) is 0 Å². The largest absolute Gasteiger partial charge is 0.494 e. The zero-order chi connectivity index (χ0) is 15.3. The second-order valence-corrected chi connectivity index (χ2v) is 5.37. The Morgan fingerprint density at radius 1 is 1.25 bits per heavy atom. The summed E-state index contributed by atoms with van der Waals surface area (Å²) in [5.74, 6) is 0.0606. The van der Waals surface area contributed by atoms with Gasteiger partial charge in [0, 0.05) is 17.2 Å². The standard InChI is InChI=1S/C14H21N3O3/c1-14(2,3)13(19)17-10-6-5-9(7-11(10)20-4)16-12(18)8-15/h5-7H,8,15H2,1-4H3,(H,16,18)(H,17,19). The predicted molar refractivity (Wildman–Crippen MR) is 78.8 cm³/mol. The number of nitrogens with one attached hydrogen (secondary N) is 2. The van der Waals surface area contributed by atoms with Crippen molar-refractivity contribution in [1.82, 2.24) is 0 Å². The molecule has 1 aromatic rings. The van der Waals surface area contributed by atoms with Crippen LogP contribution in [0.5, 0.6) is 5.75 Å². The maximum atomic E-state index is 12.0. The highest BCUT2D eigenvalue weighted by atomic mass is 16.5. The van der Waals surface area contributed by atoms with Crippen molar-refractivity contribution in [3.05, 3.63) is 18.2 Å². The first-order valence-corrected chi connectivity index (χ1v) is 6.27. The Kier molecular flexibility index (Phi) is 5.10. The molecule has 0 unspecified atom stereocenters. The van der Waals surface area contributed by atoms with Gasteiger partial charge in [-0.15, -0.1) is 0 Å². The Bertz CT molecular complexity index is 507. The third-order valence-corrected chi connectivity index (χ3v) is 2.60. The van der Waals surface area contributed by atoms with E-state index >= 15 is 0 Å². The van der Waals surface area contributed by atoms with E-state index in [0.717, 1.165) is 0 Å². The maximum absolute atomic E-state index is 12.0. The van der Waals surface area contributed by atoms with E-state index in [1.165, 1.54) is 7.11 Å². The Labute approximate surface area is 118 Å². The van der Waals surface area contributed by atoms with E-state index in [4.69, 9.17) is 10.5 Å². The summed E-state index contributed by atoms with van der Waals surface area (Å²) < 4.78 is 5.22. The molecule has 0 saturated carbocycles. The first kappa shape index (κ1) is 16.0. The number of anilines is 2. The third kappa shape index (κ3) is 4.24. The van der Waals surface area contributed by atoms with Gasteiger partial charge >= 0.3 is 0 Å². The first-order valence-electron chi connectivity index (χ1n) is 6.27. The summed E-state index contributed by atoms with van der Waals surface area (Å²) in [5, 5.41) is 5.42. The van der Waals surface area contributed by atoms with Gasteiger partial charge in [0.2, 0.25) is 11.8 Å². The van der Waals surface area contributed by atoms with Crippen LogP contribution in [-0.4, -0.2) is 25.5 Å². The van der Waals surface area contributed by atoms with E-state index in [0.29, 0.717) is 17.1 Å². The van der Waals surface area contributed by atoms with Crippen LogP contribution in [-0.2, 0) is 9.59 Å². The molecule has 0 aliphatic heterocycles. The second kappa shape index (κ2) is 6.38. The Morgan fingerprint density at radius 2 is 1.90 bits per heavy atom. The Hall–Kier alpha value is -2.08. The van der Waals surface area contributed by atoms with Gasteiger partial charge in [-0.05, 0) is 12.1 Å². The normalized spacial score (nSPS) is 10.8. The summed E-state index contributed by atoms with van der Waals surface area (Å²) in [4.78, 5) is 23.2. The molecule has 0 saturated heterocycles. The third-order valence-electron chi connectivity index (χ3n) is 2.60. The highest BCUT2D eigenvalue weighted by Gasteiger charge is 2.22. The van der Waals surface area contributed by atoms with E-state index in [2.05, 4.69) is 10.6 Å². The lowest BCUT2D eigenvalue weighted by Crippen LogP contribution is -2.27. The van der Waals surface area contributed by atoms with Gasteiger partial charge in [-0.1, -0.05) is 20.8 Å². The average Bonchev–Trinajstić information content (AvgIpc) is 2.39. The molecule has 0 heterocycles. The van der Waals surface area contributed by atoms with Gasteiger partial charge in [-0.25, -0.2) is 0 Å². The van der Waals surface area contributed by atoms with Gasteiger partial charge in [-0.2, -0.15) is 0 Å². The van der Waals surface area contributed by atoms with Crippen LogP contribution < -0.4 is 21.1 Å². The van der Waals surface area contributed by atoms with Crippen molar-refractivity contribution in [2.24, 2.45) is 11.1 Å². The molecule has 2 amide bonds. The van der Waals surface area contributed by atoms with Crippen molar-refractivity contribution in [3.8, 4) is 5.75 Å². The lowest BCUT2D eigenvalue weighted by Gasteiger charge is -2.19. The van der Waals surface area contributed by atoms with Gasteiger partial charge in [0.15, 0.2) is 0 Å². The minimum absolute atomic E-state index is 0.0924. The Balaban J connectivity index is 2.94. The van der Waals surface area contributed by atoms with E-state index in [1.807, 2.05) is 20.8 Å². The molecule has 6 nitrogen and oxygen atoms in total. The van der Waals surface area contributed by atoms with Crippen LogP contribution in [0.4, 0.5) is 11.4 Å². The number of hydrogen-bond acceptors (Lipinski definition) is 4. The minimum atomic E-state index is -0.503. The summed E-state index contributed by atoms with van der Waals surface area (Å²) in [5.41, 5.74) is 5.85. The quantitative estimate of drug-likeness (QED) is 0.780. The molecule has 4 N–H and O–H groups in total. The molecule has 0 aliphatic carbocycles. The number of nitrogens with two attached hydrogens (primary N) is 1. The molecule has 20 heavy (non-hydrogen) atoms. The summed E-state index contributed by atoms with van der Waals surface area (Å²) in [6.07, 6.45) is 0. The van der Waals surface area contributed by atoms with Crippen LogP contribution in [0, 0.1) is 5.41 Å². The number of rotatable bonds is 4. The zero-order valence-electron chi connectivity index (χ0n) is 12.2. The van der Waals surface area contributed by atoms with E-state index in [-0.39, 0.29) is 18.4 Å². The molecular formula is C14H21N3O3. The van der Waals surface area contributed by atoms with Crippen LogP contribution in [0.2, 0.25) is 0 Å². The van der Waals surface area contributed by atoms with Crippen LogP contribution in [0.3, 0.4) is 0 Å². The molecule has 110 valence electrons. The van der Waals surface area contributed by atoms with Crippen molar-refractivity contribution in [2.45, 2.75) is 20.8 Å². The highest BCUT2D eigenvalue weighted by Crippen LogP contribution is 2.29. The molecular weight excluding hydrogens is 258 g/mol. The molecule has 6 heteroatoms. The molecule has 1 rings (SSSR count). The second-order valence-electron chi connectivity index (χ2n) is 5.37. The van der Waals surface area contributed by atoms with Crippen molar-refractivity contribution < 1.29 is 14.3 Å². The van der Waals surface area contributed by atoms with Gasteiger partial charge in [0.25, 0.3) is 0 Å². The highest BCUT2D eigenvalue weighted by molar-refractivity contribution is 5.97. The monoisotopic (exact) mass is 279 g/mol. The lowest BCUT2D eigenvalue weighted by molar-refractivity contribution is -0.123. The summed E-state index contributed by atoms with van der Waals surface area (Å²) in [7, 11) is 1.50. The van der Waals surface area contributed by atoms with Crippen LogP contribution in [0.1, 0.15) is 20.8 Å². The molecule has 0 spiro atoms. The first-order chi connectivity index (χ1) is 9.27. The molecule has 0 aromatic heterocycles. The fourth-order valence-corrected chi connectivity index (χ4v) is 1.39. The number of ether oxygens (including phenoxy) is 1. The van der Waals surface area contributed by atoms with Crippen molar-refractivity contribution in [1.29, 1.82) is 0 Å². The average molecular weight is 279 g/mol. The lowest BCUT2D eigenvalue weighted by atomic mass is 9.95. The van der Waals surface area contributed by atoms with Crippen LogP contribution >= 0.6 is 0 Å². The van der Waals surface area contributed by atoms with Gasteiger partial charge < -0.3 is 21.1 Å². The van der Waals surface area contributed by atoms with Gasteiger partial charge in [0.05, 0.1) is 19.3 Å². The molecule has 0 bridgehead atoms. The molecule has 0 fully saturated rings. The molecule has 1 aromatic carbocycles. The predicted octanol–water partition coefficient (Wildman–Crippen LogP) is 1.58. The molecule has 0 atom stereocenters. The minimum Gasteiger partial charge on any atom is -0.494 e. The molecule has 0 aliphatic rings. The summed E-state index contributed by atoms with van der Waals surface area (Å²) in [6, 6.07) is 4.98. The van der Waals surface area contributed by atoms with Crippen molar-refractivity contribution in [3.63, 3.8) is 0 Å². The van der Waals surface area contributed by atoms with Crippen LogP contribution in [0.15, 0.2) is 18.2 Å². The number of carbonyl (C=O) groups excluding carboxylic acids is 2. The fourth-order valence-electron chi connectivity index (χ4n) is 1.39. The van der Waals surface area contributed by atoms with Crippen molar-refractivity contribution in [2.75, 3.05) is 24.3 Å². The SMILES string of the molecule is COc1cc(NC(=O)CN)ccc1NC(=O)C(C)(C)C. The number of carbonyl (C=O) groups is 2. The molecule has 0 radical (unpaired) electrons. The fraction of sp³-hybridized carbons (Fsp3) is 0.429. The number of hydrogen-bond donors (Lipinski definition) is 3.